The fourth-order valence-electron chi connectivity index (χ4n) is 9.94. The lowest BCUT2D eigenvalue weighted by Crippen LogP contribution is -2.28. The van der Waals surface area contributed by atoms with Crippen LogP contribution in [0.15, 0.2) is 194 Å². The highest BCUT2D eigenvalue weighted by molar-refractivity contribution is 5.93. The first-order valence-corrected chi connectivity index (χ1v) is 21.0. The van der Waals surface area contributed by atoms with Crippen molar-refractivity contribution in [3.05, 3.63) is 222 Å². The van der Waals surface area contributed by atoms with Crippen molar-refractivity contribution in [1.82, 2.24) is 15.0 Å². The minimum absolute atomic E-state index is 0.424. The fourth-order valence-corrected chi connectivity index (χ4v) is 9.94. The van der Waals surface area contributed by atoms with E-state index in [0.29, 0.717) is 5.92 Å². The predicted octanol–water partition coefficient (Wildman–Crippen LogP) is 14.1. The molecule has 7 aromatic carbocycles. The van der Waals surface area contributed by atoms with Crippen molar-refractivity contribution in [3.8, 4) is 56.0 Å². The maximum atomic E-state index is 5.28. The zero-order chi connectivity index (χ0) is 39.2. The van der Waals surface area contributed by atoms with Crippen molar-refractivity contribution in [1.29, 1.82) is 0 Å². The van der Waals surface area contributed by atoms with Gasteiger partial charge >= 0.3 is 0 Å². The maximum absolute atomic E-state index is 5.28. The number of aromatic nitrogens is 3. The Morgan fingerprint density at radius 1 is 0.390 bits per heavy atom. The third-order valence-corrected chi connectivity index (χ3v) is 12.7. The van der Waals surface area contributed by atoms with Crippen LogP contribution in [0.2, 0.25) is 0 Å². The average molecular weight is 758 g/mol. The van der Waals surface area contributed by atoms with Crippen LogP contribution in [0.4, 0.5) is 0 Å². The molecule has 0 aliphatic heterocycles. The van der Waals surface area contributed by atoms with E-state index < -0.39 is 5.41 Å². The van der Waals surface area contributed by atoms with Gasteiger partial charge in [-0.05, 0) is 93.7 Å². The van der Waals surface area contributed by atoms with E-state index in [4.69, 9.17) is 15.0 Å². The second-order valence-electron chi connectivity index (χ2n) is 16.1. The smallest absolute Gasteiger partial charge is 0.132 e. The molecule has 9 aromatic rings. The predicted molar refractivity (Wildman–Crippen MR) is 242 cm³/mol. The van der Waals surface area contributed by atoms with Gasteiger partial charge in [-0.2, -0.15) is 0 Å². The summed E-state index contributed by atoms with van der Waals surface area (Å²) in [6.45, 7) is 0. The third-order valence-electron chi connectivity index (χ3n) is 12.7. The number of hydrogen-bond donors (Lipinski definition) is 0. The van der Waals surface area contributed by atoms with E-state index in [1.165, 1.54) is 71.0 Å². The summed E-state index contributed by atoms with van der Waals surface area (Å²) in [6, 6.07) is 70.3. The molecule has 3 nitrogen and oxygen atoms in total. The quantitative estimate of drug-likeness (QED) is 0.162. The SMILES string of the molecule is c1ccc(C2(c3cccc(-c4cccc(-c5cccc(-c6cccc(-c7nc(C8CCCCC8)nc8ccccc78)c6)n5)c4)c3)c3ccccc3-c3ccccc32)cc1. The summed E-state index contributed by atoms with van der Waals surface area (Å²) in [4.78, 5) is 15.6. The molecular weight excluding hydrogens is 715 g/mol. The Hall–Kier alpha value is -6.97. The summed E-state index contributed by atoms with van der Waals surface area (Å²) in [6.07, 6.45) is 6.14. The molecule has 2 aromatic heterocycles. The molecule has 2 aliphatic carbocycles. The van der Waals surface area contributed by atoms with Crippen molar-refractivity contribution in [2.75, 3.05) is 0 Å². The van der Waals surface area contributed by atoms with E-state index in [1.54, 1.807) is 0 Å². The molecule has 0 amide bonds. The molecule has 1 saturated carbocycles. The first-order valence-electron chi connectivity index (χ1n) is 21.0. The first-order chi connectivity index (χ1) is 29.2. The lowest BCUT2D eigenvalue weighted by Gasteiger charge is -2.34. The van der Waals surface area contributed by atoms with Gasteiger partial charge in [-0.3, -0.25) is 0 Å². The number of pyridine rings is 1. The summed E-state index contributed by atoms with van der Waals surface area (Å²) in [5.74, 6) is 1.41. The number of benzene rings is 7. The number of nitrogens with zero attached hydrogens (tertiary/aromatic N) is 3. The van der Waals surface area contributed by atoms with Gasteiger partial charge in [-0.1, -0.05) is 177 Å². The van der Waals surface area contributed by atoms with Crippen LogP contribution in [-0.4, -0.2) is 15.0 Å². The summed E-state index contributed by atoms with van der Waals surface area (Å²) in [5.41, 5.74) is 16.8. The Kier molecular flexibility index (Phi) is 8.81. The molecule has 282 valence electrons. The van der Waals surface area contributed by atoms with Crippen LogP contribution in [-0.2, 0) is 5.41 Å². The molecule has 0 bridgehead atoms. The molecule has 0 unspecified atom stereocenters. The fraction of sp³-hybridized carbons (Fsp3) is 0.125. The normalized spacial score (nSPS) is 14.5. The highest BCUT2D eigenvalue weighted by Crippen LogP contribution is 2.56. The van der Waals surface area contributed by atoms with E-state index in [-0.39, 0.29) is 0 Å². The Balaban J connectivity index is 0.965. The molecule has 2 heterocycles. The van der Waals surface area contributed by atoms with Gasteiger partial charge in [0, 0.05) is 28.0 Å². The van der Waals surface area contributed by atoms with Crippen LogP contribution in [0.1, 0.15) is 66.1 Å². The molecule has 0 atom stereocenters. The van der Waals surface area contributed by atoms with Crippen molar-refractivity contribution < 1.29 is 0 Å². The van der Waals surface area contributed by atoms with Gasteiger partial charge in [0.1, 0.15) is 5.82 Å². The molecule has 0 saturated heterocycles. The van der Waals surface area contributed by atoms with Gasteiger partial charge in [-0.25, -0.2) is 15.0 Å². The summed E-state index contributed by atoms with van der Waals surface area (Å²) < 4.78 is 0. The molecule has 0 N–H and O–H groups in total. The first kappa shape index (κ1) is 35.2. The van der Waals surface area contributed by atoms with Gasteiger partial charge < -0.3 is 0 Å². The number of hydrogen-bond acceptors (Lipinski definition) is 3. The second-order valence-corrected chi connectivity index (χ2v) is 16.1. The van der Waals surface area contributed by atoms with E-state index in [2.05, 4.69) is 194 Å². The molecule has 1 fully saturated rings. The van der Waals surface area contributed by atoms with Crippen LogP contribution >= 0.6 is 0 Å². The second kappa shape index (κ2) is 14.8. The molecule has 11 rings (SSSR count). The lowest BCUT2D eigenvalue weighted by molar-refractivity contribution is 0.430. The van der Waals surface area contributed by atoms with Crippen LogP contribution in [0, 0.1) is 0 Å². The van der Waals surface area contributed by atoms with Crippen LogP contribution in [0.25, 0.3) is 66.9 Å². The molecule has 0 radical (unpaired) electrons. The van der Waals surface area contributed by atoms with Crippen molar-refractivity contribution in [3.63, 3.8) is 0 Å². The minimum atomic E-state index is -0.442. The largest absolute Gasteiger partial charge is 0.248 e. The van der Waals surface area contributed by atoms with Gasteiger partial charge in [0.25, 0.3) is 0 Å². The van der Waals surface area contributed by atoms with E-state index in [0.717, 1.165) is 56.1 Å². The molecule has 0 spiro atoms. The Morgan fingerprint density at radius 3 is 1.66 bits per heavy atom. The molecule has 59 heavy (non-hydrogen) atoms. The third kappa shape index (κ3) is 6.08. The molecular formula is C56H43N3. The number of fused-ring (bicyclic) bond motifs is 4. The van der Waals surface area contributed by atoms with Gasteiger partial charge in [0.2, 0.25) is 0 Å². The van der Waals surface area contributed by atoms with Crippen LogP contribution < -0.4 is 0 Å². The monoisotopic (exact) mass is 757 g/mol. The Labute approximate surface area is 346 Å². The van der Waals surface area contributed by atoms with Crippen molar-refractivity contribution in [2.24, 2.45) is 0 Å². The molecule has 2 aliphatic rings. The maximum Gasteiger partial charge on any atom is 0.132 e. The minimum Gasteiger partial charge on any atom is -0.248 e. The topological polar surface area (TPSA) is 38.7 Å². The van der Waals surface area contributed by atoms with E-state index >= 15 is 0 Å². The van der Waals surface area contributed by atoms with E-state index in [1.807, 2.05) is 0 Å². The van der Waals surface area contributed by atoms with Gasteiger partial charge in [0.15, 0.2) is 0 Å². The lowest BCUT2D eigenvalue weighted by atomic mass is 9.67. The number of para-hydroxylation sites is 1. The summed E-state index contributed by atoms with van der Waals surface area (Å²) >= 11 is 0. The van der Waals surface area contributed by atoms with Crippen molar-refractivity contribution in [2.45, 2.75) is 43.4 Å². The zero-order valence-corrected chi connectivity index (χ0v) is 32.9. The summed E-state index contributed by atoms with van der Waals surface area (Å²) in [5, 5.41) is 1.09. The van der Waals surface area contributed by atoms with E-state index in [9.17, 15) is 0 Å². The number of rotatable bonds is 7. The standard InChI is InChI=1S/C56H43N3/c1-3-17-38(18-4-1)55-58-53-32-12-9-29-48(53)54(59-55)43-23-14-22-42(36-43)52-34-16-33-51(57-52)41-21-13-19-39(35-41)40-20-15-26-45(37-40)56(44-24-5-2-6-25-44)49-30-10-7-27-46(49)47-28-8-11-31-50(47)56/h2,5-16,19-38H,1,3-4,17-18H2. The highest BCUT2D eigenvalue weighted by Gasteiger charge is 2.45. The Bertz CT molecular complexity index is 2950. The highest BCUT2D eigenvalue weighted by atomic mass is 14.9. The molecule has 3 heteroatoms. The van der Waals surface area contributed by atoms with Crippen LogP contribution in [0.3, 0.4) is 0 Å². The van der Waals surface area contributed by atoms with Crippen LogP contribution in [0.5, 0.6) is 0 Å². The van der Waals surface area contributed by atoms with Gasteiger partial charge in [0.05, 0.1) is 28.0 Å². The Morgan fingerprint density at radius 2 is 0.932 bits per heavy atom. The summed E-state index contributed by atoms with van der Waals surface area (Å²) in [7, 11) is 0. The average Bonchev–Trinajstić information content (AvgIpc) is 3.63. The zero-order valence-electron chi connectivity index (χ0n) is 32.9. The van der Waals surface area contributed by atoms with Crippen molar-refractivity contribution >= 4 is 10.9 Å². The van der Waals surface area contributed by atoms with Gasteiger partial charge in [-0.15, -0.1) is 0 Å².